The monoisotopic (exact) mass is 336 g/mol. The third kappa shape index (κ3) is 2.26. The predicted octanol–water partition coefficient (Wildman–Crippen LogP) is 2.39. The Bertz CT molecular complexity index is 956. The fourth-order valence-corrected chi connectivity index (χ4v) is 3.26. The molecule has 124 valence electrons. The lowest BCUT2D eigenvalue weighted by atomic mass is 9.72. The van der Waals surface area contributed by atoms with Gasteiger partial charge in [-0.15, -0.1) is 0 Å². The summed E-state index contributed by atoms with van der Waals surface area (Å²) in [5.74, 6) is -3.40. The second-order valence-corrected chi connectivity index (χ2v) is 6.29. The van der Waals surface area contributed by atoms with Crippen LogP contribution in [0.1, 0.15) is 55.5 Å². The molecule has 6 bridgehead atoms. The molecule has 0 fully saturated rings. The minimum absolute atomic E-state index is 0.0464. The smallest absolute Gasteiger partial charge is 0.346 e. The number of hydrogen-bond donors (Lipinski definition) is 0. The van der Waals surface area contributed by atoms with Crippen LogP contribution in [0, 0.1) is 0 Å². The Morgan fingerprint density at radius 1 is 0.760 bits per heavy atom. The van der Waals surface area contributed by atoms with Crippen molar-refractivity contribution in [1.82, 2.24) is 0 Å². The summed E-state index contributed by atoms with van der Waals surface area (Å²) >= 11 is 0. The van der Waals surface area contributed by atoms with E-state index >= 15 is 0 Å². The third-order valence-corrected chi connectivity index (χ3v) is 4.74. The first-order valence-corrected chi connectivity index (χ1v) is 7.65. The minimum atomic E-state index is -0.970. The van der Waals surface area contributed by atoms with Crippen molar-refractivity contribution in [2.24, 2.45) is 0 Å². The molecule has 7 rings (SSSR count). The molecule has 0 aliphatic carbocycles. The molecular formula is C19H12O6. The van der Waals surface area contributed by atoms with Gasteiger partial charge < -0.3 is 9.47 Å². The van der Waals surface area contributed by atoms with Crippen molar-refractivity contribution >= 4 is 23.9 Å². The van der Waals surface area contributed by atoms with Crippen LogP contribution in [0.25, 0.3) is 0 Å². The first-order chi connectivity index (χ1) is 11.9. The van der Waals surface area contributed by atoms with E-state index in [1.54, 1.807) is 30.3 Å². The topological polar surface area (TPSA) is 86.7 Å². The van der Waals surface area contributed by atoms with Gasteiger partial charge in [0.2, 0.25) is 0 Å². The zero-order chi connectivity index (χ0) is 17.8. The van der Waals surface area contributed by atoms with Crippen molar-refractivity contribution < 1.29 is 28.7 Å². The molecule has 2 aromatic carbocycles. The maximum atomic E-state index is 12.3. The zero-order valence-electron chi connectivity index (χ0n) is 13.2. The highest BCUT2D eigenvalue weighted by atomic mass is 16.6. The van der Waals surface area contributed by atoms with Crippen molar-refractivity contribution in [1.29, 1.82) is 0 Å². The summed E-state index contributed by atoms with van der Waals surface area (Å²) in [4.78, 5) is 48.8. The summed E-state index contributed by atoms with van der Waals surface area (Å²) < 4.78 is 9.70. The average Bonchev–Trinajstić information content (AvgIpc) is 2.59. The maximum Gasteiger partial charge on any atom is 0.346 e. The fourth-order valence-electron chi connectivity index (χ4n) is 3.26. The molecule has 0 radical (unpaired) electrons. The second kappa shape index (κ2) is 5.11. The van der Waals surface area contributed by atoms with E-state index in [9.17, 15) is 19.2 Å². The van der Waals surface area contributed by atoms with Crippen LogP contribution in [-0.4, -0.2) is 23.9 Å². The summed E-state index contributed by atoms with van der Waals surface area (Å²) in [6, 6.07) is 11.1. The van der Waals surface area contributed by atoms with Gasteiger partial charge >= 0.3 is 23.9 Å². The van der Waals surface area contributed by atoms with E-state index in [4.69, 9.17) is 9.47 Å². The summed E-state index contributed by atoms with van der Waals surface area (Å²) in [6.07, 6.45) is -0.0464. The predicted molar refractivity (Wildman–Crippen MR) is 84.1 cm³/mol. The van der Waals surface area contributed by atoms with E-state index in [-0.39, 0.29) is 23.1 Å². The molecule has 1 atom stereocenters. The normalized spacial score (nSPS) is 22.0. The molecule has 0 saturated heterocycles. The molecule has 0 N–H and O–H groups in total. The van der Waals surface area contributed by atoms with Crippen molar-refractivity contribution in [2.75, 3.05) is 0 Å². The lowest BCUT2D eigenvalue weighted by Gasteiger charge is -2.32. The van der Waals surface area contributed by atoms with Gasteiger partial charge in [-0.2, -0.15) is 0 Å². The molecule has 6 nitrogen and oxygen atoms in total. The van der Waals surface area contributed by atoms with E-state index in [2.05, 4.69) is 0 Å². The van der Waals surface area contributed by atoms with Gasteiger partial charge in [-0.3, -0.25) is 4.79 Å². The fraction of sp³-hybridized carbons (Fsp3) is 0.158. The molecule has 0 amide bonds. The van der Waals surface area contributed by atoms with Gasteiger partial charge in [-0.05, 0) is 35.4 Å². The largest absolute Gasteiger partial charge is 0.389 e. The first kappa shape index (κ1) is 15.3. The Kier molecular flexibility index (Phi) is 3.12. The summed E-state index contributed by atoms with van der Waals surface area (Å²) in [5, 5.41) is 0. The number of ether oxygens (including phenoxy) is 2. The van der Waals surface area contributed by atoms with E-state index in [0.29, 0.717) is 5.56 Å². The van der Waals surface area contributed by atoms with Crippen LogP contribution in [0.5, 0.6) is 0 Å². The van der Waals surface area contributed by atoms with Gasteiger partial charge in [0.05, 0.1) is 23.1 Å². The van der Waals surface area contributed by atoms with Crippen molar-refractivity contribution in [2.45, 2.75) is 18.8 Å². The van der Waals surface area contributed by atoms with Gasteiger partial charge in [0.1, 0.15) is 0 Å². The summed E-state index contributed by atoms with van der Waals surface area (Å²) in [5.41, 5.74) is 0.709. The SMILES string of the molecule is CC12CC(=O)OC(=O)c3cc1ccc3C(=O)OC(=O)c1ccc2cc1. The van der Waals surface area contributed by atoms with Gasteiger partial charge in [-0.25, -0.2) is 14.4 Å². The molecule has 0 aromatic heterocycles. The standard InChI is InChI=1S/C19H12O6/c1-19-9-15(20)24-18(23)14-8-12(19)6-7-13(14)17(22)25-16(21)10-2-4-11(19)5-3-10/h2-8H,9H2,1H3. The van der Waals surface area contributed by atoms with E-state index < -0.39 is 29.3 Å². The third-order valence-electron chi connectivity index (χ3n) is 4.74. The van der Waals surface area contributed by atoms with Crippen LogP contribution < -0.4 is 0 Å². The van der Waals surface area contributed by atoms with Crippen LogP contribution in [0.4, 0.5) is 0 Å². The van der Waals surface area contributed by atoms with E-state index in [1.807, 2.05) is 6.92 Å². The van der Waals surface area contributed by atoms with Crippen molar-refractivity contribution in [3.63, 3.8) is 0 Å². The number of esters is 4. The zero-order valence-corrected chi connectivity index (χ0v) is 13.2. The van der Waals surface area contributed by atoms with Gasteiger partial charge in [0.15, 0.2) is 0 Å². The summed E-state index contributed by atoms with van der Waals surface area (Å²) in [7, 11) is 0. The number of hydrogen-bond acceptors (Lipinski definition) is 6. The Labute approximate surface area is 142 Å². The molecule has 0 spiro atoms. The second-order valence-electron chi connectivity index (χ2n) is 6.29. The number of cyclic esters (lactones) is 2. The van der Waals surface area contributed by atoms with Gasteiger partial charge in [-0.1, -0.05) is 25.1 Å². The Morgan fingerprint density at radius 3 is 2.12 bits per heavy atom. The highest BCUT2D eigenvalue weighted by Crippen LogP contribution is 2.38. The number of carbonyl (C=O) groups excluding carboxylic acids is 4. The van der Waals surface area contributed by atoms with Crippen LogP contribution >= 0.6 is 0 Å². The summed E-state index contributed by atoms with van der Waals surface area (Å²) in [6.45, 7) is 1.85. The molecule has 6 heteroatoms. The van der Waals surface area contributed by atoms with Crippen molar-refractivity contribution in [3.8, 4) is 0 Å². The molecule has 25 heavy (non-hydrogen) atoms. The number of rotatable bonds is 0. The lowest BCUT2D eigenvalue weighted by molar-refractivity contribution is -0.139. The van der Waals surface area contributed by atoms with Gasteiger partial charge in [0.25, 0.3) is 0 Å². The molecule has 5 heterocycles. The molecule has 1 unspecified atom stereocenters. The molecule has 5 aliphatic heterocycles. The Hall–Kier alpha value is -3.28. The first-order valence-electron chi connectivity index (χ1n) is 7.65. The molecule has 0 saturated carbocycles. The van der Waals surface area contributed by atoms with Crippen molar-refractivity contribution in [3.05, 3.63) is 70.3 Å². The van der Waals surface area contributed by atoms with Crippen LogP contribution in [0.15, 0.2) is 42.5 Å². The maximum absolute atomic E-state index is 12.3. The molecular weight excluding hydrogens is 324 g/mol. The molecule has 2 aromatic rings. The number of benzene rings is 2. The van der Waals surface area contributed by atoms with Gasteiger partial charge in [0, 0.05) is 5.41 Å². The van der Waals surface area contributed by atoms with E-state index in [0.717, 1.165) is 5.56 Å². The van der Waals surface area contributed by atoms with Crippen LogP contribution in [0.3, 0.4) is 0 Å². The highest BCUT2D eigenvalue weighted by Gasteiger charge is 2.38. The highest BCUT2D eigenvalue weighted by molar-refractivity contribution is 6.10. The Balaban J connectivity index is 2.08. The average molecular weight is 336 g/mol. The lowest BCUT2D eigenvalue weighted by Crippen LogP contribution is -2.33. The molecule has 5 aliphatic rings. The van der Waals surface area contributed by atoms with E-state index in [1.165, 1.54) is 12.1 Å². The minimum Gasteiger partial charge on any atom is -0.389 e. The number of carbonyl (C=O) groups is 4. The van der Waals surface area contributed by atoms with Crippen LogP contribution in [-0.2, 0) is 19.7 Å². The van der Waals surface area contributed by atoms with Crippen LogP contribution in [0.2, 0.25) is 0 Å². The quantitative estimate of drug-likeness (QED) is 0.542. The Morgan fingerprint density at radius 2 is 1.40 bits per heavy atom.